The predicted octanol–water partition coefficient (Wildman–Crippen LogP) is 11.0. The van der Waals surface area contributed by atoms with Crippen LogP contribution in [-0.2, 0) is 9.59 Å². The largest absolute Gasteiger partial charge is 2.00 e. The van der Waals surface area contributed by atoms with Crippen molar-refractivity contribution in [3.05, 3.63) is 0 Å². The van der Waals surface area contributed by atoms with Gasteiger partial charge in [-0.15, -0.1) is 23.2 Å². The quantitative estimate of drug-likeness (QED) is 0.0404. The molecule has 0 spiro atoms. The van der Waals surface area contributed by atoms with Gasteiger partial charge >= 0.3 is 23.1 Å². The van der Waals surface area contributed by atoms with Crippen LogP contribution < -0.4 is 10.2 Å². The number of alkyl halides is 2. The van der Waals surface area contributed by atoms with Gasteiger partial charge in [0.15, 0.2) is 0 Å². The van der Waals surface area contributed by atoms with Gasteiger partial charge in [-0.3, -0.25) is 0 Å². The van der Waals surface area contributed by atoms with E-state index in [1.165, 1.54) is 167 Å². The fraction of sp³-hybridized carbons (Fsp3) is 0.946. The topological polar surface area (TPSA) is 80.3 Å². The number of halogens is 2. The summed E-state index contributed by atoms with van der Waals surface area (Å²) in [5.74, 6) is -1.81. The molecule has 0 aromatic carbocycles. The summed E-state index contributed by atoms with van der Waals surface area (Å²) in [6.45, 7) is 4.53. The minimum absolute atomic E-state index is 0. The van der Waals surface area contributed by atoms with Crippen molar-refractivity contribution in [3.8, 4) is 0 Å². The minimum atomic E-state index is -0.903. The van der Waals surface area contributed by atoms with Gasteiger partial charge in [-0.05, 0) is 25.7 Å². The Bertz CT molecular complexity index is 480. The number of carbonyl (C=O) groups is 2. The Morgan fingerprint density at radius 1 is 0.364 bits per heavy atom. The van der Waals surface area contributed by atoms with E-state index >= 15 is 0 Å². The molecular formula is C37H72Cl2MgO4. The van der Waals surface area contributed by atoms with E-state index in [-0.39, 0.29) is 41.2 Å². The second-order valence-electron chi connectivity index (χ2n) is 12.2. The number of hydrogen-bond acceptors (Lipinski definition) is 4. The molecule has 0 aliphatic heterocycles. The molecular weight excluding hydrogens is 604 g/mol. The molecule has 0 aliphatic carbocycles. The van der Waals surface area contributed by atoms with Crippen molar-refractivity contribution in [2.24, 2.45) is 0 Å². The number of hydrogen-bond donors (Lipinski definition) is 0. The summed E-state index contributed by atoms with van der Waals surface area (Å²) >= 11 is 9.53. The van der Waals surface area contributed by atoms with Crippen LogP contribution in [-0.4, -0.2) is 40.3 Å². The van der Waals surface area contributed by atoms with Gasteiger partial charge in [-0.2, -0.15) is 0 Å². The molecule has 0 radical (unpaired) electrons. The first-order chi connectivity index (χ1) is 21.0. The van der Waals surface area contributed by atoms with Crippen molar-refractivity contribution in [2.45, 2.75) is 219 Å². The van der Waals surface area contributed by atoms with Crippen LogP contribution >= 0.6 is 23.2 Å². The molecule has 0 unspecified atom stereocenters. The maximum absolute atomic E-state index is 10.2. The van der Waals surface area contributed by atoms with Crippen molar-refractivity contribution in [2.75, 3.05) is 5.34 Å². The van der Waals surface area contributed by atoms with Crippen LogP contribution in [0.1, 0.15) is 219 Å². The first-order valence-electron chi connectivity index (χ1n) is 18.5. The summed E-state index contributed by atoms with van der Waals surface area (Å²) in [5, 5.41) is 20.6. The average molecular weight is 676 g/mol. The van der Waals surface area contributed by atoms with Crippen LogP contribution in [0.2, 0.25) is 0 Å². The number of carbonyl (C=O) groups excluding carboxylic acids is 2. The van der Waals surface area contributed by atoms with Gasteiger partial charge < -0.3 is 19.8 Å². The Kier molecular flexibility index (Phi) is 58.3. The zero-order chi connectivity index (χ0) is 32.5. The fourth-order valence-corrected chi connectivity index (χ4v) is 5.28. The zero-order valence-electron chi connectivity index (χ0n) is 29.4. The first kappa shape index (κ1) is 51.1. The SMILES string of the molecule is CCCCCCCCCCCCCCCCCC(=O)[O-].CCCCCCCCCCCCCCCCCC(=O)[O-].ClCCl.[Mg+2]. The van der Waals surface area contributed by atoms with E-state index < -0.39 is 11.9 Å². The molecule has 0 aromatic heterocycles. The van der Waals surface area contributed by atoms with Crippen molar-refractivity contribution in [1.82, 2.24) is 0 Å². The van der Waals surface area contributed by atoms with Crippen LogP contribution in [0, 0.1) is 0 Å². The molecule has 0 atom stereocenters. The van der Waals surface area contributed by atoms with E-state index in [0.717, 1.165) is 25.7 Å². The van der Waals surface area contributed by atoms with E-state index in [9.17, 15) is 19.8 Å². The van der Waals surface area contributed by atoms with Gasteiger partial charge in [0.25, 0.3) is 0 Å². The third-order valence-electron chi connectivity index (χ3n) is 7.97. The molecule has 0 bridgehead atoms. The van der Waals surface area contributed by atoms with Crippen LogP contribution in [0.25, 0.3) is 0 Å². The molecule has 0 rings (SSSR count). The summed E-state index contributed by atoms with van der Waals surface area (Å²) in [7, 11) is 0. The molecule has 4 nitrogen and oxygen atoms in total. The molecule has 0 saturated heterocycles. The first-order valence-corrected chi connectivity index (χ1v) is 19.5. The molecule has 0 aromatic rings. The van der Waals surface area contributed by atoms with Gasteiger partial charge in [0, 0.05) is 11.9 Å². The summed E-state index contributed by atoms with van der Waals surface area (Å²) < 4.78 is 0. The molecule has 0 N–H and O–H groups in total. The third-order valence-corrected chi connectivity index (χ3v) is 7.97. The molecule has 0 heterocycles. The van der Waals surface area contributed by atoms with Gasteiger partial charge in [0.1, 0.15) is 0 Å². The molecule has 7 heteroatoms. The van der Waals surface area contributed by atoms with Crippen LogP contribution in [0.3, 0.4) is 0 Å². The zero-order valence-corrected chi connectivity index (χ0v) is 32.4. The summed E-state index contributed by atoms with van der Waals surface area (Å²) in [6, 6.07) is 0. The minimum Gasteiger partial charge on any atom is -0.550 e. The molecule has 44 heavy (non-hydrogen) atoms. The number of carboxylic acids is 2. The van der Waals surface area contributed by atoms with Gasteiger partial charge in [0.05, 0.1) is 5.34 Å². The van der Waals surface area contributed by atoms with Gasteiger partial charge in [0.2, 0.25) is 0 Å². The number of carboxylic acid groups (broad SMARTS) is 2. The van der Waals surface area contributed by atoms with Crippen LogP contribution in [0.4, 0.5) is 0 Å². The van der Waals surface area contributed by atoms with Crippen molar-refractivity contribution in [3.63, 3.8) is 0 Å². The van der Waals surface area contributed by atoms with E-state index in [2.05, 4.69) is 13.8 Å². The van der Waals surface area contributed by atoms with E-state index in [4.69, 9.17) is 23.2 Å². The molecule has 0 aliphatic rings. The Hall–Kier alpha value is 0.286. The summed E-state index contributed by atoms with van der Waals surface area (Å²) in [4.78, 5) is 20.4. The Labute approximate surface area is 301 Å². The number of aliphatic carboxylic acids is 2. The summed E-state index contributed by atoms with van der Waals surface area (Å²) in [5.41, 5.74) is 0. The van der Waals surface area contributed by atoms with Gasteiger partial charge in [-0.1, -0.05) is 194 Å². The number of rotatable bonds is 32. The molecule has 0 saturated carbocycles. The molecule has 0 amide bonds. The maximum Gasteiger partial charge on any atom is 2.00 e. The Morgan fingerprint density at radius 2 is 0.500 bits per heavy atom. The Balaban J connectivity index is -0.000000326. The summed E-state index contributed by atoms with van der Waals surface area (Å²) in [6.07, 6.45) is 39.7. The van der Waals surface area contributed by atoms with Crippen LogP contribution in [0.5, 0.6) is 0 Å². The maximum atomic E-state index is 10.2. The third kappa shape index (κ3) is 61.3. The van der Waals surface area contributed by atoms with Crippen molar-refractivity contribution < 1.29 is 19.8 Å². The smallest absolute Gasteiger partial charge is 0.550 e. The van der Waals surface area contributed by atoms with E-state index in [1.54, 1.807) is 0 Å². The van der Waals surface area contributed by atoms with E-state index in [1.807, 2.05) is 0 Å². The Morgan fingerprint density at radius 3 is 0.636 bits per heavy atom. The molecule has 0 fully saturated rings. The van der Waals surface area contributed by atoms with Crippen molar-refractivity contribution >= 4 is 58.2 Å². The second kappa shape index (κ2) is 50.1. The standard InChI is InChI=1S/2C18H36O2.CH2Cl2.Mg/c2*1-2-3-4-5-6-7-8-9-10-11-12-13-14-15-16-17-18(19)20;2-1-3;/h2*2-17H2,1H3,(H,19,20);1H2;/q;;;+2/p-2. The normalized spacial score (nSPS) is 10.3. The number of unbranched alkanes of at least 4 members (excludes halogenated alkanes) is 28. The fourth-order valence-electron chi connectivity index (χ4n) is 5.28. The molecule has 260 valence electrons. The van der Waals surface area contributed by atoms with Crippen molar-refractivity contribution in [1.29, 1.82) is 0 Å². The van der Waals surface area contributed by atoms with E-state index in [0.29, 0.717) is 0 Å². The average Bonchev–Trinajstić information content (AvgIpc) is 2.97. The van der Waals surface area contributed by atoms with Gasteiger partial charge in [-0.25, -0.2) is 0 Å². The second-order valence-corrected chi connectivity index (χ2v) is 13.1. The predicted molar refractivity (Wildman–Crippen MR) is 191 cm³/mol. The van der Waals surface area contributed by atoms with Crippen LogP contribution in [0.15, 0.2) is 0 Å². The monoisotopic (exact) mass is 674 g/mol.